The molecule has 0 amide bonds. The van der Waals surface area contributed by atoms with Crippen LogP contribution in [0.4, 0.5) is 0 Å². The summed E-state index contributed by atoms with van der Waals surface area (Å²) in [7, 11) is 0. The van der Waals surface area contributed by atoms with E-state index in [1.54, 1.807) is 0 Å². The molecule has 3 aliphatic rings. The van der Waals surface area contributed by atoms with Crippen molar-refractivity contribution in [3.8, 4) is 0 Å². The second kappa shape index (κ2) is 3.12. The maximum absolute atomic E-state index is 11.6. The first-order valence-electron chi connectivity index (χ1n) is 6.51. The lowest BCUT2D eigenvalue weighted by Gasteiger charge is -2.43. The van der Waals surface area contributed by atoms with Crippen LogP contribution in [0.1, 0.15) is 45.4 Å². The van der Waals surface area contributed by atoms with Crippen LogP contribution in [0.3, 0.4) is 0 Å². The van der Waals surface area contributed by atoms with Crippen LogP contribution < -0.4 is 0 Å². The molecule has 16 heavy (non-hydrogen) atoms. The third-order valence-corrected chi connectivity index (χ3v) is 5.52. The van der Waals surface area contributed by atoms with E-state index in [1.165, 1.54) is 25.7 Å². The van der Waals surface area contributed by atoms with Gasteiger partial charge in [0.25, 0.3) is 0 Å². The zero-order valence-electron chi connectivity index (χ0n) is 9.91. The van der Waals surface area contributed by atoms with Gasteiger partial charge in [-0.3, -0.25) is 4.79 Å². The molecular formula is C14H20O2. The Bertz CT molecular complexity index is 354. The second-order valence-electron chi connectivity index (χ2n) is 6.19. The molecule has 3 rings (SSSR count). The van der Waals surface area contributed by atoms with Crippen LogP contribution >= 0.6 is 0 Å². The molecule has 3 atom stereocenters. The molecule has 0 heterocycles. The molecule has 1 N–H and O–H groups in total. The number of allylic oxidation sites excluding steroid dienone is 2. The summed E-state index contributed by atoms with van der Waals surface area (Å²) in [5.74, 6) is 0.574. The van der Waals surface area contributed by atoms with Gasteiger partial charge in [0.05, 0.1) is 5.41 Å². The van der Waals surface area contributed by atoms with Crippen molar-refractivity contribution in [1.82, 2.24) is 0 Å². The molecule has 2 fully saturated rings. The zero-order chi connectivity index (χ0) is 11.4. The van der Waals surface area contributed by atoms with Crippen molar-refractivity contribution in [3.05, 3.63) is 12.2 Å². The van der Waals surface area contributed by atoms with Crippen molar-refractivity contribution < 1.29 is 9.90 Å². The average Bonchev–Trinajstić information content (AvgIpc) is 2.90. The van der Waals surface area contributed by atoms with Gasteiger partial charge in [-0.2, -0.15) is 0 Å². The number of aliphatic carboxylic acids is 1. The minimum atomic E-state index is -0.578. The molecule has 3 aliphatic carbocycles. The molecule has 0 aromatic carbocycles. The third-order valence-electron chi connectivity index (χ3n) is 5.52. The van der Waals surface area contributed by atoms with Crippen LogP contribution in [0, 0.1) is 22.7 Å². The molecule has 0 aromatic rings. The normalized spacial score (nSPS) is 46.7. The molecule has 2 heteroatoms. The van der Waals surface area contributed by atoms with E-state index in [0.29, 0.717) is 11.8 Å². The highest BCUT2D eigenvalue weighted by Crippen LogP contribution is 2.66. The van der Waals surface area contributed by atoms with E-state index in [4.69, 9.17) is 0 Å². The maximum atomic E-state index is 11.6. The van der Waals surface area contributed by atoms with E-state index < -0.39 is 11.4 Å². The second-order valence-corrected chi connectivity index (χ2v) is 6.19. The first kappa shape index (κ1) is 10.4. The highest BCUT2D eigenvalue weighted by molar-refractivity contribution is 5.77. The Balaban J connectivity index is 2.02. The summed E-state index contributed by atoms with van der Waals surface area (Å²) in [6, 6.07) is 0. The van der Waals surface area contributed by atoms with E-state index in [2.05, 4.69) is 12.2 Å². The number of carboxylic acid groups (broad SMARTS) is 1. The van der Waals surface area contributed by atoms with Gasteiger partial charge < -0.3 is 5.11 Å². The lowest BCUT2D eigenvalue weighted by atomic mass is 9.59. The first-order valence-corrected chi connectivity index (χ1v) is 6.51. The molecule has 0 saturated heterocycles. The van der Waals surface area contributed by atoms with Crippen molar-refractivity contribution in [2.24, 2.45) is 22.7 Å². The quantitative estimate of drug-likeness (QED) is 0.725. The summed E-state index contributed by atoms with van der Waals surface area (Å²) in [6.45, 7) is 1.98. The Morgan fingerprint density at radius 1 is 1.31 bits per heavy atom. The fraction of sp³-hybridized carbons (Fsp3) is 0.786. The summed E-state index contributed by atoms with van der Waals surface area (Å²) < 4.78 is 0. The monoisotopic (exact) mass is 220 g/mol. The van der Waals surface area contributed by atoms with Crippen molar-refractivity contribution in [3.63, 3.8) is 0 Å². The van der Waals surface area contributed by atoms with E-state index in [-0.39, 0.29) is 5.41 Å². The Hall–Kier alpha value is -0.790. The van der Waals surface area contributed by atoms with Crippen LogP contribution in [0.15, 0.2) is 12.2 Å². The lowest BCUT2D eigenvalue weighted by Crippen LogP contribution is -2.44. The average molecular weight is 220 g/mol. The summed E-state index contributed by atoms with van der Waals surface area (Å²) in [6.07, 6.45) is 11.6. The van der Waals surface area contributed by atoms with E-state index in [9.17, 15) is 9.90 Å². The molecule has 3 unspecified atom stereocenters. The Morgan fingerprint density at radius 2 is 2.00 bits per heavy atom. The Kier molecular flexibility index (Phi) is 2.02. The molecule has 2 bridgehead atoms. The summed E-state index contributed by atoms with van der Waals surface area (Å²) in [4.78, 5) is 11.6. The number of fused-ring (bicyclic) bond motifs is 2. The van der Waals surface area contributed by atoms with Crippen LogP contribution in [0.2, 0.25) is 0 Å². The van der Waals surface area contributed by atoms with E-state index in [1.807, 2.05) is 6.92 Å². The third kappa shape index (κ3) is 1.05. The Labute approximate surface area is 96.7 Å². The van der Waals surface area contributed by atoms with Gasteiger partial charge in [0, 0.05) is 5.41 Å². The van der Waals surface area contributed by atoms with Crippen LogP contribution in [-0.2, 0) is 4.79 Å². The van der Waals surface area contributed by atoms with Crippen molar-refractivity contribution >= 4 is 5.97 Å². The molecular weight excluding hydrogens is 200 g/mol. The molecule has 0 spiro atoms. The minimum absolute atomic E-state index is 0.0139. The van der Waals surface area contributed by atoms with Gasteiger partial charge in [0.2, 0.25) is 0 Å². The minimum Gasteiger partial charge on any atom is -0.481 e. The van der Waals surface area contributed by atoms with Gasteiger partial charge in [-0.05, 0) is 44.4 Å². The SMILES string of the molecule is CC1(C(=O)O)CC2C=CC1(C1CCCC1)C2. The van der Waals surface area contributed by atoms with Gasteiger partial charge in [0.15, 0.2) is 0 Å². The topological polar surface area (TPSA) is 37.3 Å². The number of hydrogen-bond donors (Lipinski definition) is 1. The molecule has 88 valence electrons. The standard InChI is InChI=1S/C14H20O2/c1-13(12(15)16)8-10-6-7-14(13,9-10)11-4-2-3-5-11/h6-7,10-11H,2-5,8-9H2,1H3,(H,15,16). The summed E-state index contributed by atoms with van der Waals surface area (Å²) in [5.41, 5.74) is -0.512. The highest BCUT2D eigenvalue weighted by atomic mass is 16.4. The summed E-state index contributed by atoms with van der Waals surface area (Å²) in [5, 5.41) is 9.59. The number of carboxylic acids is 1. The van der Waals surface area contributed by atoms with Crippen LogP contribution in [0.25, 0.3) is 0 Å². The van der Waals surface area contributed by atoms with Crippen molar-refractivity contribution in [2.75, 3.05) is 0 Å². The highest BCUT2D eigenvalue weighted by Gasteiger charge is 2.63. The van der Waals surface area contributed by atoms with E-state index in [0.717, 1.165) is 12.8 Å². The van der Waals surface area contributed by atoms with Crippen molar-refractivity contribution in [2.45, 2.75) is 45.4 Å². The maximum Gasteiger partial charge on any atom is 0.310 e. The van der Waals surface area contributed by atoms with Gasteiger partial charge in [-0.1, -0.05) is 25.0 Å². The van der Waals surface area contributed by atoms with Gasteiger partial charge in [-0.25, -0.2) is 0 Å². The molecule has 0 radical (unpaired) electrons. The van der Waals surface area contributed by atoms with E-state index >= 15 is 0 Å². The van der Waals surface area contributed by atoms with Crippen molar-refractivity contribution in [1.29, 1.82) is 0 Å². The van der Waals surface area contributed by atoms with Crippen LogP contribution in [0.5, 0.6) is 0 Å². The first-order chi connectivity index (χ1) is 7.58. The predicted molar refractivity (Wildman–Crippen MR) is 62.0 cm³/mol. The Morgan fingerprint density at radius 3 is 2.56 bits per heavy atom. The molecule has 0 aromatic heterocycles. The van der Waals surface area contributed by atoms with Gasteiger partial charge in [-0.15, -0.1) is 0 Å². The fourth-order valence-corrected chi connectivity index (χ4v) is 4.62. The smallest absolute Gasteiger partial charge is 0.310 e. The molecule has 0 aliphatic heterocycles. The van der Waals surface area contributed by atoms with Gasteiger partial charge >= 0.3 is 5.97 Å². The predicted octanol–water partition coefficient (Wildman–Crippen LogP) is 3.23. The van der Waals surface area contributed by atoms with Gasteiger partial charge in [0.1, 0.15) is 0 Å². The number of carbonyl (C=O) groups is 1. The van der Waals surface area contributed by atoms with Crippen LogP contribution in [-0.4, -0.2) is 11.1 Å². The zero-order valence-corrected chi connectivity index (χ0v) is 9.91. The molecule has 2 nitrogen and oxygen atoms in total. The summed E-state index contributed by atoms with van der Waals surface area (Å²) >= 11 is 0. The molecule has 2 saturated carbocycles. The lowest BCUT2D eigenvalue weighted by molar-refractivity contribution is -0.155. The largest absolute Gasteiger partial charge is 0.481 e. The number of rotatable bonds is 2. The number of hydrogen-bond acceptors (Lipinski definition) is 1. The fourth-order valence-electron chi connectivity index (χ4n) is 4.62.